The van der Waals surface area contributed by atoms with Gasteiger partial charge in [0.2, 0.25) is 5.91 Å². The van der Waals surface area contributed by atoms with E-state index < -0.39 is 0 Å². The van der Waals surface area contributed by atoms with Crippen LogP contribution in [0.5, 0.6) is 0 Å². The van der Waals surface area contributed by atoms with Crippen molar-refractivity contribution in [2.45, 2.75) is 32.2 Å². The Balaban J connectivity index is 2.58. The molecule has 1 fully saturated rings. The number of carbonyl (C=O) groups is 1. The van der Waals surface area contributed by atoms with Crippen LogP contribution in [0.2, 0.25) is 0 Å². The summed E-state index contributed by atoms with van der Waals surface area (Å²) in [6.07, 6.45) is 1.91. The van der Waals surface area contributed by atoms with Crippen LogP contribution in [0, 0.1) is 5.92 Å². The maximum Gasteiger partial charge on any atom is 0.228 e. The van der Waals surface area contributed by atoms with Crippen LogP contribution in [-0.2, 0) is 9.53 Å². The van der Waals surface area contributed by atoms with Gasteiger partial charge in [0.1, 0.15) is 0 Å². The standard InChI is InChI=1S/C11H20ClNO2/c1-11(2,8-12)13(3)10(14)9-5-4-6-15-7-9/h9H,4-8H2,1-3H3. The number of rotatable bonds is 3. The van der Waals surface area contributed by atoms with E-state index in [1.54, 1.807) is 4.90 Å². The van der Waals surface area contributed by atoms with E-state index in [9.17, 15) is 4.79 Å². The van der Waals surface area contributed by atoms with E-state index in [-0.39, 0.29) is 17.4 Å². The fourth-order valence-electron chi connectivity index (χ4n) is 1.60. The normalized spacial score (nSPS) is 22.5. The Kier molecular flexibility index (Phi) is 4.41. The van der Waals surface area contributed by atoms with Gasteiger partial charge in [-0.1, -0.05) is 0 Å². The Hall–Kier alpha value is -0.280. The second-order valence-electron chi connectivity index (χ2n) is 4.76. The van der Waals surface area contributed by atoms with Crippen LogP contribution in [-0.4, -0.2) is 42.5 Å². The smallest absolute Gasteiger partial charge is 0.228 e. The van der Waals surface area contributed by atoms with E-state index in [1.807, 2.05) is 20.9 Å². The maximum absolute atomic E-state index is 12.1. The van der Waals surface area contributed by atoms with Crippen molar-refractivity contribution in [1.29, 1.82) is 0 Å². The van der Waals surface area contributed by atoms with Gasteiger partial charge >= 0.3 is 0 Å². The molecule has 1 heterocycles. The molecule has 1 rings (SSSR count). The molecule has 0 N–H and O–H groups in total. The minimum Gasteiger partial charge on any atom is -0.381 e. The van der Waals surface area contributed by atoms with Crippen molar-refractivity contribution >= 4 is 17.5 Å². The van der Waals surface area contributed by atoms with E-state index in [4.69, 9.17) is 16.3 Å². The van der Waals surface area contributed by atoms with Crippen LogP contribution >= 0.6 is 11.6 Å². The molecule has 0 bridgehead atoms. The Morgan fingerprint density at radius 3 is 2.73 bits per heavy atom. The average Bonchev–Trinajstić information content (AvgIpc) is 2.28. The Bertz CT molecular complexity index is 225. The van der Waals surface area contributed by atoms with Gasteiger partial charge in [0, 0.05) is 19.5 Å². The quantitative estimate of drug-likeness (QED) is 0.697. The largest absolute Gasteiger partial charge is 0.381 e. The van der Waals surface area contributed by atoms with Crippen LogP contribution < -0.4 is 0 Å². The molecule has 0 aromatic rings. The predicted octanol–water partition coefficient (Wildman–Crippen LogP) is 1.89. The number of hydrogen-bond acceptors (Lipinski definition) is 2. The van der Waals surface area contributed by atoms with Crippen molar-refractivity contribution < 1.29 is 9.53 Å². The predicted molar refractivity (Wildman–Crippen MR) is 61.1 cm³/mol. The van der Waals surface area contributed by atoms with Gasteiger partial charge < -0.3 is 9.64 Å². The molecule has 0 saturated carbocycles. The summed E-state index contributed by atoms with van der Waals surface area (Å²) in [6, 6.07) is 0. The first-order valence-electron chi connectivity index (χ1n) is 5.40. The molecule has 3 nitrogen and oxygen atoms in total. The summed E-state index contributed by atoms with van der Waals surface area (Å²) in [6.45, 7) is 5.29. The van der Waals surface area contributed by atoms with Gasteiger partial charge in [0.25, 0.3) is 0 Å². The molecular formula is C11H20ClNO2. The Morgan fingerprint density at radius 2 is 2.27 bits per heavy atom. The number of alkyl halides is 1. The third-order valence-corrected chi connectivity index (χ3v) is 3.73. The number of hydrogen-bond donors (Lipinski definition) is 0. The summed E-state index contributed by atoms with van der Waals surface area (Å²) in [5.41, 5.74) is -0.282. The second-order valence-corrected chi connectivity index (χ2v) is 5.02. The van der Waals surface area contributed by atoms with E-state index in [0.29, 0.717) is 12.5 Å². The van der Waals surface area contributed by atoms with Gasteiger partial charge in [-0.25, -0.2) is 0 Å². The van der Waals surface area contributed by atoms with Crippen LogP contribution in [0.3, 0.4) is 0 Å². The summed E-state index contributed by atoms with van der Waals surface area (Å²) in [7, 11) is 1.82. The fourth-order valence-corrected chi connectivity index (χ4v) is 1.78. The van der Waals surface area contributed by atoms with Gasteiger partial charge in [-0.3, -0.25) is 4.79 Å². The first-order valence-corrected chi connectivity index (χ1v) is 5.94. The molecule has 0 spiro atoms. The molecule has 1 unspecified atom stereocenters. The maximum atomic E-state index is 12.1. The topological polar surface area (TPSA) is 29.5 Å². The van der Waals surface area contributed by atoms with Gasteiger partial charge in [-0.05, 0) is 26.7 Å². The molecular weight excluding hydrogens is 214 g/mol. The highest BCUT2D eigenvalue weighted by atomic mass is 35.5. The minimum atomic E-state index is -0.282. The van der Waals surface area contributed by atoms with Gasteiger partial charge in [-0.2, -0.15) is 0 Å². The lowest BCUT2D eigenvalue weighted by Crippen LogP contribution is -2.50. The van der Waals surface area contributed by atoms with Crippen LogP contribution in [0.4, 0.5) is 0 Å². The second kappa shape index (κ2) is 5.17. The van der Waals surface area contributed by atoms with Gasteiger partial charge in [0.15, 0.2) is 0 Å². The summed E-state index contributed by atoms with van der Waals surface area (Å²) < 4.78 is 5.32. The highest BCUT2D eigenvalue weighted by Gasteiger charge is 2.32. The van der Waals surface area contributed by atoms with Crippen LogP contribution in [0.1, 0.15) is 26.7 Å². The molecule has 1 aliphatic rings. The first kappa shape index (κ1) is 12.8. The summed E-state index contributed by atoms with van der Waals surface area (Å²) >= 11 is 5.85. The molecule has 0 aromatic carbocycles. The molecule has 1 saturated heterocycles. The number of nitrogens with zero attached hydrogens (tertiary/aromatic N) is 1. The zero-order valence-corrected chi connectivity index (χ0v) is 10.5. The SMILES string of the molecule is CN(C(=O)C1CCCOC1)C(C)(C)CCl. The number of halogens is 1. The van der Waals surface area contributed by atoms with E-state index in [1.165, 1.54) is 0 Å². The molecule has 0 aromatic heterocycles. The minimum absolute atomic E-state index is 0.0197. The molecule has 4 heteroatoms. The van der Waals surface area contributed by atoms with Crippen molar-refractivity contribution in [3.63, 3.8) is 0 Å². The van der Waals surface area contributed by atoms with Crippen molar-refractivity contribution in [1.82, 2.24) is 4.90 Å². The summed E-state index contributed by atoms with van der Waals surface area (Å²) in [4.78, 5) is 13.8. The third kappa shape index (κ3) is 3.08. The number of ether oxygens (including phenoxy) is 1. The lowest BCUT2D eigenvalue weighted by atomic mass is 9.97. The molecule has 15 heavy (non-hydrogen) atoms. The van der Waals surface area contributed by atoms with E-state index >= 15 is 0 Å². The van der Waals surface area contributed by atoms with Gasteiger partial charge in [-0.15, -0.1) is 11.6 Å². The van der Waals surface area contributed by atoms with Crippen molar-refractivity contribution in [2.75, 3.05) is 26.1 Å². The van der Waals surface area contributed by atoms with Crippen LogP contribution in [0.15, 0.2) is 0 Å². The van der Waals surface area contributed by atoms with Crippen molar-refractivity contribution in [3.05, 3.63) is 0 Å². The zero-order valence-electron chi connectivity index (χ0n) is 9.75. The van der Waals surface area contributed by atoms with Crippen LogP contribution in [0.25, 0.3) is 0 Å². The average molecular weight is 234 g/mol. The van der Waals surface area contributed by atoms with Gasteiger partial charge in [0.05, 0.1) is 18.1 Å². The Morgan fingerprint density at radius 1 is 1.60 bits per heavy atom. The monoisotopic (exact) mass is 233 g/mol. The molecule has 1 amide bonds. The van der Waals surface area contributed by atoms with Crippen molar-refractivity contribution in [2.24, 2.45) is 5.92 Å². The van der Waals surface area contributed by atoms with E-state index in [2.05, 4.69) is 0 Å². The summed E-state index contributed by atoms with van der Waals surface area (Å²) in [5.74, 6) is 0.620. The fraction of sp³-hybridized carbons (Fsp3) is 0.909. The Labute approximate surface area is 96.7 Å². The number of amides is 1. The summed E-state index contributed by atoms with van der Waals surface area (Å²) in [5, 5.41) is 0. The highest BCUT2D eigenvalue weighted by Crippen LogP contribution is 2.21. The lowest BCUT2D eigenvalue weighted by molar-refractivity contribution is -0.142. The molecule has 1 aliphatic heterocycles. The first-order chi connectivity index (χ1) is 6.99. The van der Waals surface area contributed by atoms with Crippen molar-refractivity contribution in [3.8, 4) is 0 Å². The highest BCUT2D eigenvalue weighted by molar-refractivity contribution is 6.18. The zero-order chi connectivity index (χ0) is 11.5. The third-order valence-electron chi connectivity index (χ3n) is 3.08. The number of carbonyl (C=O) groups excluding carboxylic acids is 1. The lowest BCUT2D eigenvalue weighted by Gasteiger charge is -2.37. The molecule has 1 atom stereocenters. The molecule has 0 radical (unpaired) electrons. The molecule has 88 valence electrons. The van der Waals surface area contributed by atoms with E-state index in [0.717, 1.165) is 19.4 Å². The molecule has 0 aliphatic carbocycles.